The average molecular weight is 502 g/mol. The fourth-order valence-electron chi connectivity index (χ4n) is 3.66. The van der Waals surface area contributed by atoms with Crippen molar-refractivity contribution in [3.05, 3.63) is 73.1 Å². The molecule has 4 rings (SSSR count). The van der Waals surface area contributed by atoms with E-state index in [4.69, 9.17) is 0 Å². The van der Waals surface area contributed by atoms with Crippen molar-refractivity contribution in [2.75, 3.05) is 16.6 Å². The monoisotopic (exact) mass is 501 g/mol. The van der Waals surface area contributed by atoms with E-state index in [1.807, 2.05) is 0 Å². The second kappa shape index (κ2) is 9.87. The first-order chi connectivity index (χ1) is 16.3. The number of carbonyl (C=O) groups excluding carboxylic acids is 1. The van der Waals surface area contributed by atoms with Gasteiger partial charge in [0.15, 0.2) is 0 Å². The van der Waals surface area contributed by atoms with Crippen molar-refractivity contribution >= 4 is 37.6 Å². The van der Waals surface area contributed by atoms with Gasteiger partial charge in [0.1, 0.15) is 6.04 Å². The fourth-order valence-corrected chi connectivity index (χ4v) is 6.29. The van der Waals surface area contributed by atoms with Crippen molar-refractivity contribution < 1.29 is 21.6 Å². The maximum atomic E-state index is 13.1. The molecule has 0 spiro atoms. The van der Waals surface area contributed by atoms with Gasteiger partial charge in [-0.05, 0) is 55.3 Å². The predicted octanol–water partition coefficient (Wildman–Crippen LogP) is 2.46. The number of benzene rings is 2. The van der Waals surface area contributed by atoms with Crippen molar-refractivity contribution in [2.45, 2.75) is 35.1 Å². The molecule has 0 radical (unpaired) electrons. The van der Waals surface area contributed by atoms with Crippen LogP contribution in [0.5, 0.6) is 0 Å². The molecule has 1 amide bonds. The summed E-state index contributed by atoms with van der Waals surface area (Å²) in [5.74, 6) is -0.525. The Labute approximate surface area is 198 Å². The van der Waals surface area contributed by atoms with E-state index >= 15 is 0 Å². The van der Waals surface area contributed by atoms with Crippen molar-refractivity contribution in [2.24, 2.45) is 0 Å². The zero-order valence-corrected chi connectivity index (χ0v) is 19.7. The summed E-state index contributed by atoms with van der Waals surface area (Å²) < 4.78 is 54.8. The third-order valence-corrected chi connectivity index (χ3v) is 8.60. The molecule has 178 valence electrons. The summed E-state index contributed by atoms with van der Waals surface area (Å²) in [6.07, 6.45) is 4.61. The highest BCUT2D eigenvalue weighted by molar-refractivity contribution is 7.92. The van der Waals surface area contributed by atoms with Gasteiger partial charge in [-0.25, -0.2) is 31.5 Å². The Bertz CT molecular complexity index is 1350. The highest BCUT2D eigenvalue weighted by atomic mass is 32.2. The molecule has 1 aliphatic heterocycles. The summed E-state index contributed by atoms with van der Waals surface area (Å²) in [6, 6.07) is 14.3. The van der Waals surface area contributed by atoms with Crippen LogP contribution in [0.25, 0.3) is 0 Å². The molecule has 12 heteroatoms. The van der Waals surface area contributed by atoms with Crippen LogP contribution in [0.1, 0.15) is 19.3 Å². The largest absolute Gasteiger partial charge is 0.325 e. The number of piperidine rings is 1. The highest BCUT2D eigenvalue weighted by Gasteiger charge is 2.37. The van der Waals surface area contributed by atoms with Crippen molar-refractivity contribution in [3.8, 4) is 0 Å². The summed E-state index contributed by atoms with van der Waals surface area (Å²) in [6.45, 7) is 0.250. The summed E-state index contributed by atoms with van der Waals surface area (Å²) in [5, 5.41) is 2.71. The molecule has 10 nitrogen and oxygen atoms in total. The molecule has 0 unspecified atom stereocenters. The Morgan fingerprint density at radius 2 is 1.53 bits per heavy atom. The molecule has 1 atom stereocenters. The van der Waals surface area contributed by atoms with E-state index in [-0.39, 0.29) is 22.3 Å². The topological polar surface area (TPSA) is 138 Å². The molecule has 1 fully saturated rings. The van der Waals surface area contributed by atoms with Crippen LogP contribution in [0.4, 0.5) is 11.6 Å². The van der Waals surface area contributed by atoms with Gasteiger partial charge in [-0.15, -0.1) is 0 Å². The van der Waals surface area contributed by atoms with Crippen LogP contribution in [0.2, 0.25) is 0 Å². The number of hydrogen-bond donors (Lipinski definition) is 2. The van der Waals surface area contributed by atoms with Gasteiger partial charge in [0, 0.05) is 24.6 Å². The molecule has 0 bridgehead atoms. The lowest BCUT2D eigenvalue weighted by molar-refractivity contribution is -0.120. The van der Waals surface area contributed by atoms with Crippen molar-refractivity contribution in [3.63, 3.8) is 0 Å². The number of nitrogens with zero attached hydrogens (tertiary/aromatic N) is 3. The van der Waals surface area contributed by atoms with E-state index in [2.05, 4.69) is 20.0 Å². The normalized spacial score (nSPS) is 17.1. The third kappa shape index (κ3) is 5.24. The molecule has 3 aromatic rings. The zero-order valence-electron chi connectivity index (χ0n) is 18.0. The molecule has 1 aliphatic rings. The van der Waals surface area contributed by atoms with Crippen LogP contribution < -0.4 is 10.0 Å². The van der Waals surface area contributed by atoms with Crippen molar-refractivity contribution in [1.29, 1.82) is 0 Å². The van der Waals surface area contributed by atoms with Gasteiger partial charge < -0.3 is 5.32 Å². The molecule has 1 aromatic heterocycles. The number of carbonyl (C=O) groups is 1. The number of amides is 1. The maximum Gasteiger partial charge on any atom is 0.264 e. The lowest BCUT2D eigenvalue weighted by Gasteiger charge is -2.33. The Morgan fingerprint density at radius 1 is 0.853 bits per heavy atom. The Balaban J connectivity index is 1.48. The second-order valence-electron chi connectivity index (χ2n) is 7.63. The molecule has 2 heterocycles. The fraction of sp³-hybridized carbons (Fsp3) is 0.227. The first-order valence-electron chi connectivity index (χ1n) is 10.5. The number of anilines is 2. The van der Waals surface area contributed by atoms with Crippen LogP contribution in [0.3, 0.4) is 0 Å². The van der Waals surface area contributed by atoms with Crippen LogP contribution in [-0.2, 0) is 24.8 Å². The van der Waals surface area contributed by atoms with Gasteiger partial charge in [-0.2, -0.15) is 4.31 Å². The smallest absolute Gasteiger partial charge is 0.264 e. The first kappa shape index (κ1) is 23.8. The van der Waals surface area contributed by atoms with Gasteiger partial charge in [0.2, 0.25) is 21.9 Å². The van der Waals surface area contributed by atoms with Gasteiger partial charge in [-0.1, -0.05) is 24.6 Å². The summed E-state index contributed by atoms with van der Waals surface area (Å²) in [7, 11) is -7.74. The number of hydrogen-bond acceptors (Lipinski definition) is 7. The molecule has 34 heavy (non-hydrogen) atoms. The molecule has 1 saturated heterocycles. The Kier molecular flexibility index (Phi) is 6.91. The van der Waals surface area contributed by atoms with Crippen molar-refractivity contribution in [1.82, 2.24) is 14.3 Å². The second-order valence-corrected chi connectivity index (χ2v) is 11.2. The Morgan fingerprint density at radius 3 is 2.21 bits per heavy atom. The maximum absolute atomic E-state index is 13.1. The third-order valence-electron chi connectivity index (χ3n) is 5.33. The molecule has 2 aromatic carbocycles. The first-order valence-corrected chi connectivity index (χ1v) is 13.5. The highest BCUT2D eigenvalue weighted by Crippen LogP contribution is 2.26. The number of nitrogens with one attached hydrogen (secondary N) is 2. The van der Waals surface area contributed by atoms with E-state index in [0.717, 1.165) is 6.42 Å². The molecular formula is C22H23N5O5S2. The minimum atomic E-state index is -3.91. The minimum Gasteiger partial charge on any atom is -0.325 e. The molecule has 0 saturated carbocycles. The van der Waals surface area contributed by atoms with E-state index in [0.29, 0.717) is 18.5 Å². The molecule has 2 N–H and O–H groups in total. The number of aromatic nitrogens is 2. The van der Waals surface area contributed by atoms with Gasteiger partial charge in [0.05, 0.1) is 9.79 Å². The average Bonchev–Trinajstić information content (AvgIpc) is 2.85. The van der Waals surface area contributed by atoms with Gasteiger partial charge in [-0.3, -0.25) is 4.79 Å². The van der Waals surface area contributed by atoms with Gasteiger partial charge >= 0.3 is 0 Å². The van der Waals surface area contributed by atoms with E-state index in [1.165, 1.54) is 53.1 Å². The quantitative estimate of drug-likeness (QED) is 0.507. The lowest BCUT2D eigenvalue weighted by atomic mass is 10.0. The predicted molar refractivity (Wildman–Crippen MR) is 126 cm³/mol. The van der Waals surface area contributed by atoms with Gasteiger partial charge in [0.25, 0.3) is 10.0 Å². The number of sulfonamides is 2. The van der Waals surface area contributed by atoms with Crippen LogP contribution >= 0.6 is 0 Å². The van der Waals surface area contributed by atoms with E-state index in [9.17, 15) is 21.6 Å². The molecular weight excluding hydrogens is 478 g/mol. The zero-order chi connectivity index (χ0) is 24.2. The van der Waals surface area contributed by atoms with Crippen LogP contribution in [-0.4, -0.2) is 49.6 Å². The van der Waals surface area contributed by atoms with E-state index < -0.39 is 32.0 Å². The lowest BCUT2D eigenvalue weighted by Crippen LogP contribution is -2.49. The van der Waals surface area contributed by atoms with E-state index in [1.54, 1.807) is 24.3 Å². The minimum absolute atomic E-state index is 0.0381. The standard InChI is InChI=1S/C22H23N5O5S2/c28-21(20-9-4-5-16-27(20)34(31,32)19-7-2-1-3-8-19)25-17-10-12-18(13-11-17)33(29,30)26-22-23-14-6-15-24-22/h1-3,6-8,10-15,20H,4-5,9,16H2,(H,25,28)(H,23,24,26)/t20-/m0/s1. The summed E-state index contributed by atoms with van der Waals surface area (Å²) in [4.78, 5) is 20.8. The summed E-state index contributed by atoms with van der Waals surface area (Å²) in [5.41, 5.74) is 0.350. The van der Waals surface area contributed by atoms with Crippen LogP contribution in [0.15, 0.2) is 82.8 Å². The molecule has 0 aliphatic carbocycles. The SMILES string of the molecule is O=C(Nc1ccc(S(=O)(=O)Nc2ncccn2)cc1)[C@@H]1CCCCN1S(=O)(=O)c1ccccc1. The Hall–Kier alpha value is -3.35. The number of rotatable bonds is 7. The summed E-state index contributed by atoms with van der Waals surface area (Å²) >= 11 is 0. The van der Waals surface area contributed by atoms with Crippen LogP contribution in [0, 0.1) is 0 Å².